The normalized spacial score (nSPS) is 27.3. The number of methoxy groups -OCH3 is 1. The molecule has 120 valence electrons. The lowest BCUT2D eigenvalue weighted by Crippen LogP contribution is -2.27. The molecular weight excluding hydrogens is 296 g/mol. The minimum Gasteiger partial charge on any atom is -0.443 e. The van der Waals surface area contributed by atoms with Gasteiger partial charge in [0.25, 0.3) is 0 Å². The number of carbonyl (C=O) groups excluding carboxylic acids is 1. The van der Waals surface area contributed by atoms with Gasteiger partial charge in [0, 0.05) is 25.8 Å². The Kier molecular flexibility index (Phi) is 3.45. The minimum absolute atomic E-state index is 0.112. The van der Waals surface area contributed by atoms with Crippen LogP contribution in [0.1, 0.15) is 6.92 Å². The smallest absolute Gasteiger partial charge is 0.414 e. The van der Waals surface area contributed by atoms with E-state index in [1.165, 1.54) is 16.9 Å². The summed E-state index contributed by atoms with van der Waals surface area (Å²) in [7, 11) is 1.48. The molecule has 2 heterocycles. The van der Waals surface area contributed by atoms with Gasteiger partial charge in [-0.1, -0.05) is 0 Å². The third-order valence-corrected chi connectivity index (χ3v) is 4.08. The van der Waals surface area contributed by atoms with E-state index in [1.54, 1.807) is 6.92 Å². The van der Waals surface area contributed by atoms with Crippen molar-refractivity contribution >= 4 is 17.5 Å². The molecule has 2 unspecified atom stereocenters. The molecule has 0 spiro atoms. The van der Waals surface area contributed by atoms with E-state index in [4.69, 9.17) is 15.2 Å². The minimum atomic E-state index is -0.750. The van der Waals surface area contributed by atoms with Gasteiger partial charge in [-0.05, 0) is 6.92 Å². The Labute approximate surface area is 126 Å². The lowest BCUT2D eigenvalue weighted by molar-refractivity contribution is 0.101. The summed E-state index contributed by atoms with van der Waals surface area (Å²) in [4.78, 5) is 14.4. The first-order valence-corrected chi connectivity index (χ1v) is 6.89. The molecule has 2 aliphatic rings. The van der Waals surface area contributed by atoms with Gasteiger partial charge < -0.3 is 20.1 Å². The maximum Gasteiger partial charge on any atom is 0.414 e. The Bertz CT molecular complexity index is 604. The van der Waals surface area contributed by atoms with Gasteiger partial charge in [-0.2, -0.15) is 0 Å². The zero-order valence-electron chi connectivity index (χ0n) is 12.3. The second kappa shape index (κ2) is 5.06. The van der Waals surface area contributed by atoms with Crippen LogP contribution in [-0.4, -0.2) is 44.7 Å². The molecule has 22 heavy (non-hydrogen) atoms. The van der Waals surface area contributed by atoms with E-state index in [0.717, 1.165) is 12.1 Å². The second-order valence-electron chi connectivity index (χ2n) is 5.58. The summed E-state index contributed by atoms with van der Waals surface area (Å²) < 4.78 is 38.8. The standard InChI is InChI=1S/C14H17F2N3O3/c1-14(21-2)7-19(14)12-10(15)3-8(4-11(12)16)18-6-9(5-17)22-13(18)20/h3-4,9H,5-7,17H2,1-2H3. The summed E-state index contributed by atoms with van der Waals surface area (Å²) in [5.41, 5.74) is 4.70. The first-order valence-electron chi connectivity index (χ1n) is 6.89. The number of nitrogens with zero attached hydrogens (tertiary/aromatic N) is 2. The van der Waals surface area contributed by atoms with Crippen LogP contribution in [0.4, 0.5) is 25.0 Å². The number of amides is 1. The number of halogens is 2. The van der Waals surface area contributed by atoms with Crippen LogP contribution in [-0.2, 0) is 9.47 Å². The van der Waals surface area contributed by atoms with Crippen molar-refractivity contribution in [3.05, 3.63) is 23.8 Å². The lowest BCUT2D eigenvalue weighted by Gasteiger charge is -2.17. The number of hydrogen-bond acceptors (Lipinski definition) is 5. The maximum absolute atomic E-state index is 14.3. The van der Waals surface area contributed by atoms with E-state index in [-0.39, 0.29) is 24.5 Å². The molecule has 2 atom stereocenters. The zero-order chi connectivity index (χ0) is 16.1. The topological polar surface area (TPSA) is 67.8 Å². The van der Waals surface area contributed by atoms with Crippen molar-refractivity contribution in [2.75, 3.05) is 36.5 Å². The quantitative estimate of drug-likeness (QED) is 0.852. The summed E-state index contributed by atoms with van der Waals surface area (Å²) >= 11 is 0. The second-order valence-corrected chi connectivity index (χ2v) is 5.58. The van der Waals surface area contributed by atoms with Crippen LogP contribution in [0.2, 0.25) is 0 Å². The van der Waals surface area contributed by atoms with Gasteiger partial charge in [-0.25, -0.2) is 13.6 Å². The van der Waals surface area contributed by atoms with Gasteiger partial charge in [-0.3, -0.25) is 4.90 Å². The van der Waals surface area contributed by atoms with Crippen LogP contribution in [0.15, 0.2) is 12.1 Å². The van der Waals surface area contributed by atoms with E-state index in [0.29, 0.717) is 6.54 Å². The first-order chi connectivity index (χ1) is 10.4. The van der Waals surface area contributed by atoms with Gasteiger partial charge in [0.2, 0.25) is 0 Å². The maximum atomic E-state index is 14.3. The van der Waals surface area contributed by atoms with Gasteiger partial charge in [-0.15, -0.1) is 0 Å². The van der Waals surface area contributed by atoms with Crippen LogP contribution in [0.3, 0.4) is 0 Å². The average Bonchev–Trinajstić information content (AvgIpc) is 2.98. The molecule has 0 aromatic heterocycles. The zero-order valence-corrected chi connectivity index (χ0v) is 12.3. The lowest BCUT2D eigenvalue weighted by atomic mass is 10.2. The highest BCUT2D eigenvalue weighted by Gasteiger charge is 2.50. The molecule has 1 aromatic carbocycles. The highest BCUT2D eigenvalue weighted by Crippen LogP contribution is 2.42. The number of anilines is 2. The fourth-order valence-corrected chi connectivity index (χ4v) is 2.57. The number of cyclic esters (lactones) is 1. The van der Waals surface area contributed by atoms with Gasteiger partial charge in [0.1, 0.15) is 11.8 Å². The molecule has 2 fully saturated rings. The average molecular weight is 313 g/mol. The van der Waals surface area contributed by atoms with E-state index in [2.05, 4.69) is 0 Å². The van der Waals surface area contributed by atoms with Gasteiger partial charge in [0.15, 0.2) is 17.4 Å². The van der Waals surface area contributed by atoms with Crippen molar-refractivity contribution in [3.8, 4) is 0 Å². The third-order valence-electron chi connectivity index (χ3n) is 4.08. The fourth-order valence-electron chi connectivity index (χ4n) is 2.57. The monoisotopic (exact) mass is 313 g/mol. The van der Waals surface area contributed by atoms with E-state index >= 15 is 0 Å². The third kappa shape index (κ3) is 2.28. The van der Waals surface area contributed by atoms with Gasteiger partial charge >= 0.3 is 6.09 Å². The van der Waals surface area contributed by atoms with Crippen LogP contribution in [0.25, 0.3) is 0 Å². The van der Waals surface area contributed by atoms with Crippen molar-refractivity contribution in [1.29, 1.82) is 0 Å². The molecule has 1 amide bonds. The Morgan fingerprint density at radius 2 is 2.09 bits per heavy atom. The van der Waals surface area contributed by atoms with E-state index in [1.807, 2.05) is 0 Å². The van der Waals surface area contributed by atoms with Crippen LogP contribution in [0.5, 0.6) is 0 Å². The number of carbonyl (C=O) groups is 1. The molecule has 0 saturated carbocycles. The predicted molar refractivity (Wildman–Crippen MR) is 75.8 cm³/mol. The van der Waals surface area contributed by atoms with Gasteiger partial charge in [0.05, 0.1) is 18.8 Å². The molecule has 1 aromatic rings. The molecule has 0 aliphatic carbocycles. The van der Waals surface area contributed by atoms with Crippen LogP contribution >= 0.6 is 0 Å². The van der Waals surface area contributed by atoms with Crippen molar-refractivity contribution < 1.29 is 23.0 Å². The van der Waals surface area contributed by atoms with Crippen LogP contribution in [0, 0.1) is 11.6 Å². The first kappa shape index (κ1) is 15.0. The predicted octanol–water partition coefficient (Wildman–Crippen LogP) is 1.43. The molecule has 6 nitrogen and oxygen atoms in total. The Morgan fingerprint density at radius 1 is 1.45 bits per heavy atom. The van der Waals surface area contributed by atoms with Crippen molar-refractivity contribution in [1.82, 2.24) is 0 Å². The molecule has 0 radical (unpaired) electrons. The molecule has 3 rings (SSSR count). The van der Waals surface area contributed by atoms with Crippen molar-refractivity contribution in [3.63, 3.8) is 0 Å². The molecule has 2 aliphatic heterocycles. The molecule has 2 N–H and O–H groups in total. The fraction of sp³-hybridized carbons (Fsp3) is 0.500. The Hall–Kier alpha value is -1.93. The summed E-state index contributed by atoms with van der Waals surface area (Å²) in [6, 6.07) is 2.24. The highest BCUT2D eigenvalue weighted by molar-refractivity contribution is 5.90. The molecular formula is C14H17F2N3O3. The van der Waals surface area contributed by atoms with E-state index < -0.39 is 29.6 Å². The number of benzene rings is 1. The Morgan fingerprint density at radius 3 is 2.55 bits per heavy atom. The number of ether oxygens (including phenoxy) is 2. The number of rotatable bonds is 4. The SMILES string of the molecule is COC1(C)CN1c1c(F)cc(N2CC(CN)OC2=O)cc1F. The van der Waals surface area contributed by atoms with Crippen LogP contribution < -0.4 is 15.5 Å². The summed E-state index contributed by atoms with van der Waals surface area (Å²) in [6.45, 7) is 2.47. The number of nitrogens with two attached hydrogens (primary N) is 1. The van der Waals surface area contributed by atoms with E-state index in [9.17, 15) is 13.6 Å². The molecule has 2 saturated heterocycles. The molecule has 0 bridgehead atoms. The Balaban J connectivity index is 1.89. The summed E-state index contributed by atoms with van der Waals surface area (Å²) in [5, 5.41) is 0. The molecule has 8 heteroatoms. The summed E-state index contributed by atoms with van der Waals surface area (Å²) in [6.07, 6.45) is -1.13. The van der Waals surface area contributed by atoms with Crippen molar-refractivity contribution in [2.45, 2.75) is 18.8 Å². The van der Waals surface area contributed by atoms with Crippen molar-refractivity contribution in [2.24, 2.45) is 5.73 Å². The highest BCUT2D eigenvalue weighted by atomic mass is 19.1. The summed E-state index contributed by atoms with van der Waals surface area (Å²) in [5.74, 6) is -1.50. The number of hydrogen-bond donors (Lipinski definition) is 1. The largest absolute Gasteiger partial charge is 0.443 e.